The van der Waals surface area contributed by atoms with E-state index in [4.69, 9.17) is 0 Å². The highest BCUT2D eigenvalue weighted by Crippen LogP contribution is 2.34. The van der Waals surface area contributed by atoms with E-state index >= 15 is 0 Å². The number of nitrogens with zero attached hydrogens (tertiary/aromatic N) is 4. The van der Waals surface area contributed by atoms with Crippen molar-refractivity contribution in [1.82, 2.24) is 24.3 Å². The van der Waals surface area contributed by atoms with Gasteiger partial charge >= 0.3 is 11.7 Å². The van der Waals surface area contributed by atoms with Gasteiger partial charge in [0.05, 0.1) is 10.9 Å². The Morgan fingerprint density at radius 3 is 2.48 bits per heavy atom. The molecule has 1 saturated carbocycles. The Bertz CT molecular complexity index is 1370. The number of H-pyrrole nitrogens is 1. The van der Waals surface area contributed by atoms with Crippen molar-refractivity contribution >= 4 is 28.7 Å². The molecule has 0 spiro atoms. The lowest BCUT2D eigenvalue weighted by Gasteiger charge is -2.34. The number of hydrogen-bond donors (Lipinski definition) is 2. The predicted octanol–water partition coefficient (Wildman–Crippen LogP) is 1.72. The molecule has 0 atom stereocenters. The largest absolute Gasteiger partial charge is 0.335 e. The first-order valence-corrected chi connectivity index (χ1v) is 11.0. The fourth-order valence-electron chi connectivity index (χ4n) is 4.15. The van der Waals surface area contributed by atoms with Crippen LogP contribution in [0.2, 0.25) is 0 Å². The van der Waals surface area contributed by atoms with Crippen LogP contribution in [0.15, 0.2) is 46.1 Å². The molecule has 1 aliphatic carbocycles. The van der Waals surface area contributed by atoms with Gasteiger partial charge in [-0.15, -0.1) is 0 Å². The van der Waals surface area contributed by atoms with Crippen molar-refractivity contribution in [3.8, 4) is 0 Å². The Morgan fingerprint density at radius 1 is 1.06 bits per heavy atom. The summed E-state index contributed by atoms with van der Waals surface area (Å²) < 4.78 is 1.50. The highest BCUT2D eigenvalue weighted by atomic mass is 16.2. The molecule has 0 unspecified atom stereocenters. The number of amides is 3. The lowest BCUT2D eigenvalue weighted by Crippen LogP contribution is -2.51. The lowest BCUT2D eigenvalue weighted by atomic mass is 10.2. The number of hydrogen-bond acceptors (Lipinski definition) is 5. The quantitative estimate of drug-likeness (QED) is 0.632. The third kappa shape index (κ3) is 4.11. The van der Waals surface area contributed by atoms with Crippen LogP contribution >= 0.6 is 0 Å². The van der Waals surface area contributed by atoms with Crippen molar-refractivity contribution in [3.63, 3.8) is 0 Å². The van der Waals surface area contributed by atoms with E-state index in [0.717, 1.165) is 24.1 Å². The number of fused-ring (bicyclic) bond motifs is 1. The normalized spacial score (nSPS) is 16.2. The summed E-state index contributed by atoms with van der Waals surface area (Å²) >= 11 is 0. The molecule has 1 saturated heterocycles. The summed E-state index contributed by atoms with van der Waals surface area (Å²) in [4.78, 5) is 60.1. The number of rotatable bonds is 3. The first-order valence-electron chi connectivity index (χ1n) is 11.0. The smallest absolute Gasteiger partial charge is 0.330 e. The monoisotopic (exact) mass is 448 g/mol. The summed E-state index contributed by atoms with van der Waals surface area (Å²) in [5.74, 6) is -0.258. The fraction of sp³-hybridized carbons (Fsp3) is 0.348. The van der Waals surface area contributed by atoms with E-state index in [1.807, 2.05) is 31.2 Å². The molecule has 0 bridgehead atoms. The van der Waals surface area contributed by atoms with Crippen LogP contribution in [0.3, 0.4) is 0 Å². The molecule has 3 aromatic rings. The van der Waals surface area contributed by atoms with Gasteiger partial charge in [0.1, 0.15) is 5.65 Å². The number of benzene rings is 1. The number of carbonyl (C=O) groups excluding carboxylic acids is 2. The summed E-state index contributed by atoms with van der Waals surface area (Å²) in [7, 11) is 0. The van der Waals surface area contributed by atoms with Crippen LogP contribution in [0.5, 0.6) is 0 Å². The summed E-state index contributed by atoms with van der Waals surface area (Å²) in [6.45, 7) is 3.49. The van der Waals surface area contributed by atoms with E-state index in [1.165, 1.54) is 16.8 Å². The Kier molecular flexibility index (Phi) is 5.20. The number of aryl methyl sites for hydroxylation is 1. The van der Waals surface area contributed by atoms with Gasteiger partial charge in [0, 0.05) is 44.1 Å². The second kappa shape index (κ2) is 8.19. The second-order valence-corrected chi connectivity index (χ2v) is 8.53. The van der Waals surface area contributed by atoms with Gasteiger partial charge in [0.25, 0.3) is 11.5 Å². The molecule has 1 aromatic carbocycles. The Morgan fingerprint density at radius 2 is 1.79 bits per heavy atom. The third-order valence-corrected chi connectivity index (χ3v) is 6.06. The summed E-state index contributed by atoms with van der Waals surface area (Å²) in [6, 6.07) is 8.92. The van der Waals surface area contributed by atoms with Gasteiger partial charge in [-0.2, -0.15) is 0 Å². The number of urea groups is 1. The first-order chi connectivity index (χ1) is 15.9. The topological polar surface area (TPSA) is 120 Å². The highest BCUT2D eigenvalue weighted by Gasteiger charge is 2.29. The van der Waals surface area contributed by atoms with Crippen LogP contribution in [-0.2, 0) is 0 Å². The van der Waals surface area contributed by atoms with Crippen LogP contribution < -0.4 is 16.6 Å². The summed E-state index contributed by atoms with van der Waals surface area (Å²) in [5.41, 5.74) is 1.36. The van der Waals surface area contributed by atoms with Crippen molar-refractivity contribution < 1.29 is 9.59 Å². The van der Waals surface area contributed by atoms with Gasteiger partial charge in [-0.25, -0.2) is 14.6 Å². The Balaban J connectivity index is 1.28. The predicted molar refractivity (Wildman–Crippen MR) is 123 cm³/mol. The number of aromatic amines is 1. The van der Waals surface area contributed by atoms with Crippen molar-refractivity contribution in [2.45, 2.75) is 25.8 Å². The van der Waals surface area contributed by atoms with E-state index in [-0.39, 0.29) is 28.9 Å². The van der Waals surface area contributed by atoms with E-state index in [0.29, 0.717) is 31.8 Å². The maximum absolute atomic E-state index is 13.0. The van der Waals surface area contributed by atoms with Crippen LogP contribution in [0.4, 0.5) is 10.5 Å². The minimum Gasteiger partial charge on any atom is -0.335 e. The molecular formula is C23H24N6O4. The standard InChI is InChI=1S/C23H24N6O4/c1-14-3-2-4-16(11-14)25-22(32)28-9-7-27(8-10-28)21(31)15-12-18-19(24-13-15)29(17-5-6-17)23(33)26-20(18)30/h2-4,11-13,17H,5-10H2,1H3,(H,25,32)(H,26,30,33). The van der Waals surface area contributed by atoms with Gasteiger partial charge in [-0.1, -0.05) is 12.1 Å². The zero-order chi connectivity index (χ0) is 23.1. The summed E-state index contributed by atoms with van der Waals surface area (Å²) in [6.07, 6.45) is 3.15. The molecule has 2 N–H and O–H groups in total. The highest BCUT2D eigenvalue weighted by molar-refractivity contribution is 5.97. The van der Waals surface area contributed by atoms with Gasteiger partial charge in [0.15, 0.2) is 0 Å². The molecule has 3 amide bonds. The zero-order valence-corrected chi connectivity index (χ0v) is 18.2. The molecule has 0 radical (unpaired) electrons. The maximum Gasteiger partial charge on any atom is 0.330 e. The number of anilines is 1. The fourth-order valence-corrected chi connectivity index (χ4v) is 4.15. The molecule has 10 heteroatoms. The van der Waals surface area contributed by atoms with Crippen LogP contribution in [0.1, 0.15) is 34.8 Å². The second-order valence-electron chi connectivity index (χ2n) is 8.53. The van der Waals surface area contributed by atoms with Crippen LogP contribution in [-0.4, -0.2) is 62.5 Å². The van der Waals surface area contributed by atoms with E-state index in [9.17, 15) is 19.2 Å². The molecule has 2 aromatic heterocycles. The molecule has 170 valence electrons. The van der Waals surface area contributed by atoms with Gasteiger partial charge in [-0.3, -0.25) is 19.1 Å². The molecule has 10 nitrogen and oxygen atoms in total. The minimum atomic E-state index is -0.549. The molecule has 3 heterocycles. The zero-order valence-electron chi connectivity index (χ0n) is 18.2. The third-order valence-electron chi connectivity index (χ3n) is 6.06. The number of aromatic nitrogens is 3. The molecular weight excluding hydrogens is 424 g/mol. The van der Waals surface area contributed by atoms with Crippen molar-refractivity contribution in [1.29, 1.82) is 0 Å². The first kappa shape index (κ1) is 20.9. The average Bonchev–Trinajstić information content (AvgIpc) is 3.64. The van der Waals surface area contributed by atoms with Crippen LogP contribution in [0, 0.1) is 6.92 Å². The number of carbonyl (C=O) groups is 2. The van der Waals surface area contributed by atoms with Crippen molar-refractivity contribution in [3.05, 3.63) is 68.5 Å². The molecule has 1 aliphatic heterocycles. The number of pyridine rings is 1. The lowest BCUT2D eigenvalue weighted by molar-refractivity contribution is 0.0671. The Hall–Kier alpha value is -3.95. The molecule has 2 aliphatic rings. The maximum atomic E-state index is 13.0. The molecule has 2 fully saturated rings. The number of piperazine rings is 1. The van der Waals surface area contributed by atoms with Gasteiger partial charge < -0.3 is 15.1 Å². The summed E-state index contributed by atoms with van der Waals surface area (Å²) in [5, 5.41) is 3.11. The van der Waals surface area contributed by atoms with Gasteiger partial charge in [-0.05, 0) is 43.5 Å². The van der Waals surface area contributed by atoms with E-state index < -0.39 is 11.2 Å². The molecule has 33 heavy (non-hydrogen) atoms. The van der Waals surface area contributed by atoms with E-state index in [2.05, 4.69) is 15.3 Å². The number of nitrogens with one attached hydrogen (secondary N) is 2. The average molecular weight is 448 g/mol. The SMILES string of the molecule is Cc1cccc(NC(=O)N2CCN(C(=O)c3cnc4c(c3)c(=O)[nH]c(=O)n4C3CC3)CC2)c1. The minimum absolute atomic E-state index is 0.0462. The van der Waals surface area contributed by atoms with E-state index in [1.54, 1.807) is 9.80 Å². The molecule has 5 rings (SSSR count). The van der Waals surface area contributed by atoms with Crippen molar-refractivity contribution in [2.75, 3.05) is 31.5 Å². The van der Waals surface area contributed by atoms with Crippen LogP contribution in [0.25, 0.3) is 11.0 Å². The van der Waals surface area contributed by atoms with Gasteiger partial charge in [0.2, 0.25) is 0 Å². The Labute approximate surface area is 188 Å². The van der Waals surface area contributed by atoms with Crippen molar-refractivity contribution in [2.24, 2.45) is 0 Å².